The fourth-order valence-electron chi connectivity index (χ4n) is 5.99. The zero-order valence-corrected chi connectivity index (χ0v) is 28.9. The molecule has 5 rings (SSSR count). The van der Waals surface area contributed by atoms with Gasteiger partial charge in [-0.3, -0.25) is 9.69 Å². The normalized spacial score (nSPS) is 13.4. The molecule has 49 heavy (non-hydrogen) atoms. The van der Waals surface area contributed by atoms with Crippen LogP contribution >= 0.6 is 0 Å². The quantitative estimate of drug-likeness (QED) is 0.110. The topological polar surface area (TPSA) is 95.2 Å². The van der Waals surface area contributed by atoms with Gasteiger partial charge in [0, 0.05) is 68.0 Å². The summed E-state index contributed by atoms with van der Waals surface area (Å²) in [5.74, 6) is 1.46. The van der Waals surface area contributed by atoms with Crippen LogP contribution < -0.4 is 30.3 Å². The third-order valence-electron chi connectivity index (χ3n) is 8.80. The van der Waals surface area contributed by atoms with Crippen LogP contribution in [0.15, 0.2) is 97.1 Å². The van der Waals surface area contributed by atoms with E-state index in [1.54, 1.807) is 42.5 Å². The van der Waals surface area contributed by atoms with Crippen molar-refractivity contribution in [3.05, 3.63) is 108 Å². The maximum atomic E-state index is 13.1. The van der Waals surface area contributed by atoms with Crippen LogP contribution in [0.25, 0.3) is 0 Å². The summed E-state index contributed by atoms with van der Waals surface area (Å²) in [6.07, 6.45) is 5.35. The number of carbonyl (C=O) groups excluding carboxylic acids is 2. The average Bonchev–Trinajstić information content (AvgIpc) is 3.12. The maximum absolute atomic E-state index is 13.1. The number of likely N-dealkylation sites (tertiary alicyclic amines) is 1. The van der Waals surface area contributed by atoms with E-state index in [-0.39, 0.29) is 11.9 Å². The predicted molar refractivity (Wildman–Crippen MR) is 198 cm³/mol. The highest BCUT2D eigenvalue weighted by atomic mass is 16.5. The van der Waals surface area contributed by atoms with E-state index in [9.17, 15) is 9.59 Å². The third-order valence-corrected chi connectivity index (χ3v) is 8.80. The molecule has 0 aromatic heterocycles. The molecule has 4 aromatic rings. The predicted octanol–water partition coefficient (Wildman–Crippen LogP) is 8.54. The molecule has 0 spiro atoms. The highest BCUT2D eigenvalue weighted by Gasteiger charge is 2.23. The number of rotatable bonds is 15. The fourth-order valence-corrected chi connectivity index (χ4v) is 5.99. The van der Waals surface area contributed by atoms with Gasteiger partial charge in [-0.1, -0.05) is 50.1 Å². The van der Waals surface area contributed by atoms with Crippen molar-refractivity contribution in [2.24, 2.45) is 0 Å². The Bertz CT molecular complexity index is 1620. The molecule has 0 atom stereocenters. The summed E-state index contributed by atoms with van der Waals surface area (Å²) in [6.45, 7) is 8.25. The van der Waals surface area contributed by atoms with Gasteiger partial charge in [-0.15, -0.1) is 0 Å². The van der Waals surface area contributed by atoms with Crippen LogP contribution in [0.3, 0.4) is 0 Å². The first kappa shape index (κ1) is 35.3. The van der Waals surface area contributed by atoms with Gasteiger partial charge in [-0.05, 0) is 92.4 Å². The van der Waals surface area contributed by atoms with E-state index in [1.165, 1.54) is 5.56 Å². The molecular formula is C40H49N5O4. The molecule has 0 unspecified atom stereocenters. The van der Waals surface area contributed by atoms with Gasteiger partial charge in [0.25, 0.3) is 5.91 Å². The number of benzene rings is 4. The summed E-state index contributed by atoms with van der Waals surface area (Å²) in [5.41, 5.74) is 4.34. The number of carbonyl (C=O) groups is 2. The molecule has 1 aliphatic rings. The molecule has 9 heteroatoms. The highest BCUT2D eigenvalue weighted by Crippen LogP contribution is 2.35. The van der Waals surface area contributed by atoms with E-state index >= 15 is 0 Å². The Morgan fingerprint density at radius 1 is 0.816 bits per heavy atom. The van der Waals surface area contributed by atoms with Crippen LogP contribution in [0, 0.1) is 0 Å². The van der Waals surface area contributed by atoms with E-state index in [2.05, 4.69) is 70.1 Å². The average molecular weight is 664 g/mol. The zero-order chi connectivity index (χ0) is 34.4. The summed E-state index contributed by atoms with van der Waals surface area (Å²) in [5, 5.41) is 8.70. The second-order valence-corrected chi connectivity index (χ2v) is 12.4. The lowest BCUT2D eigenvalue weighted by Gasteiger charge is -2.38. The number of hydrogen-bond acceptors (Lipinski definition) is 6. The second-order valence-electron chi connectivity index (χ2n) is 12.4. The molecular weight excluding hydrogens is 614 g/mol. The Morgan fingerprint density at radius 2 is 1.53 bits per heavy atom. The smallest absolute Gasteiger partial charge is 0.319 e. The maximum Gasteiger partial charge on any atom is 0.319 e. The second kappa shape index (κ2) is 17.9. The van der Waals surface area contributed by atoms with E-state index in [0.717, 1.165) is 57.4 Å². The molecule has 1 saturated heterocycles. The highest BCUT2D eigenvalue weighted by molar-refractivity contribution is 6.04. The number of anilines is 3. The lowest BCUT2D eigenvalue weighted by molar-refractivity contribution is 0.102. The first-order valence-corrected chi connectivity index (χ1v) is 17.4. The van der Waals surface area contributed by atoms with Crippen LogP contribution in [0.5, 0.6) is 17.2 Å². The minimum absolute atomic E-state index is 0.173. The van der Waals surface area contributed by atoms with Crippen LogP contribution in [0.1, 0.15) is 61.9 Å². The molecule has 3 amide bonds. The lowest BCUT2D eigenvalue weighted by atomic mass is 10.0. The van der Waals surface area contributed by atoms with Gasteiger partial charge >= 0.3 is 6.03 Å². The standard InChI is InChI=1S/C40H49N5O4/c1-4-6-10-25-41-40(47)43-33-17-22-37(38(28-33)48-5-2)49-36-20-15-32(16-21-36)42-39(46)31-13-18-34(19-14-31)44(3)35-23-26-45(27-24-35)29-30-11-8-7-9-12-30/h7-9,11-22,28,35H,4-6,10,23-27,29H2,1-3H3,(H,42,46)(H2,41,43,47). The largest absolute Gasteiger partial charge is 0.490 e. The zero-order valence-electron chi connectivity index (χ0n) is 28.9. The number of ether oxygens (including phenoxy) is 2. The molecule has 0 saturated carbocycles. The van der Waals surface area contributed by atoms with E-state index in [1.807, 2.05) is 31.2 Å². The third kappa shape index (κ3) is 10.5. The van der Waals surface area contributed by atoms with Crippen molar-refractivity contribution >= 4 is 29.0 Å². The van der Waals surface area contributed by atoms with Gasteiger partial charge < -0.3 is 30.3 Å². The van der Waals surface area contributed by atoms with Crippen molar-refractivity contribution in [3.8, 4) is 17.2 Å². The van der Waals surface area contributed by atoms with Crippen LogP contribution in [0.4, 0.5) is 21.9 Å². The van der Waals surface area contributed by atoms with E-state index in [0.29, 0.717) is 53.4 Å². The number of urea groups is 1. The Balaban J connectivity index is 1.10. The van der Waals surface area contributed by atoms with Crippen molar-refractivity contribution < 1.29 is 19.1 Å². The van der Waals surface area contributed by atoms with Gasteiger partial charge in [-0.25, -0.2) is 4.79 Å². The molecule has 0 bridgehead atoms. The Morgan fingerprint density at radius 3 is 2.22 bits per heavy atom. The van der Waals surface area contributed by atoms with Crippen LogP contribution in [-0.2, 0) is 6.54 Å². The Hall–Kier alpha value is -5.02. The van der Waals surface area contributed by atoms with Crippen molar-refractivity contribution in [3.63, 3.8) is 0 Å². The summed E-state index contributed by atoms with van der Waals surface area (Å²) in [7, 11) is 2.15. The lowest BCUT2D eigenvalue weighted by Crippen LogP contribution is -2.43. The molecule has 1 aliphatic heterocycles. The van der Waals surface area contributed by atoms with Gasteiger partial charge in [0.2, 0.25) is 0 Å². The summed E-state index contributed by atoms with van der Waals surface area (Å²) < 4.78 is 11.9. The number of hydrogen-bond donors (Lipinski definition) is 3. The molecule has 258 valence electrons. The van der Waals surface area contributed by atoms with Gasteiger partial charge in [0.1, 0.15) is 5.75 Å². The molecule has 0 aliphatic carbocycles. The van der Waals surface area contributed by atoms with Gasteiger partial charge in [0.15, 0.2) is 11.5 Å². The van der Waals surface area contributed by atoms with E-state index < -0.39 is 0 Å². The van der Waals surface area contributed by atoms with Crippen LogP contribution in [-0.4, -0.2) is 56.2 Å². The first-order valence-electron chi connectivity index (χ1n) is 17.4. The molecule has 4 aromatic carbocycles. The number of nitrogens with one attached hydrogen (secondary N) is 3. The first-order chi connectivity index (χ1) is 23.9. The number of nitrogens with zero attached hydrogens (tertiary/aromatic N) is 2. The minimum Gasteiger partial charge on any atom is -0.490 e. The number of unbranched alkanes of at least 4 members (excludes halogenated alkanes) is 2. The Kier molecular flexibility index (Phi) is 12.9. The van der Waals surface area contributed by atoms with Crippen molar-refractivity contribution in [1.82, 2.24) is 10.2 Å². The minimum atomic E-state index is -0.251. The fraction of sp³-hybridized carbons (Fsp3) is 0.350. The molecule has 1 fully saturated rings. The molecule has 3 N–H and O–H groups in total. The molecule has 0 radical (unpaired) electrons. The van der Waals surface area contributed by atoms with E-state index in [4.69, 9.17) is 9.47 Å². The van der Waals surface area contributed by atoms with Crippen molar-refractivity contribution in [2.45, 2.75) is 58.5 Å². The van der Waals surface area contributed by atoms with Gasteiger partial charge in [-0.2, -0.15) is 0 Å². The SMILES string of the molecule is CCCCCNC(=O)Nc1ccc(Oc2ccc(NC(=O)c3ccc(N(C)C4CCN(Cc5ccccc5)CC4)cc3)cc2)c(OCC)c1. The molecule has 1 heterocycles. The monoisotopic (exact) mass is 663 g/mol. The van der Waals surface area contributed by atoms with Crippen LogP contribution in [0.2, 0.25) is 0 Å². The number of amides is 3. The van der Waals surface area contributed by atoms with Crippen molar-refractivity contribution in [1.29, 1.82) is 0 Å². The summed E-state index contributed by atoms with van der Waals surface area (Å²) in [6, 6.07) is 31.2. The summed E-state index contributed by atoms with van der Waals surface area (Å²) in [4.78, 5) is 30.2. The Labute approximate surface area is 290 Å². The van der Waals surface area contributed by atoms with Gasteiger partial charge in [0.05, 0.1) is 6.61 Å². The molecule has 9 nitrogen and oxygen atoms in total. The summed E-state index contributed by atoms with van der Waals surface area (Å²) >= 11 is 0. The number of piperidine rings is 1. The van der Waals surface area contributed by atoms with Crippen molar-refractivity contribution in [2.75, 3.05) is 48.8 Å².